The summed E-state index contributed by atoms with van der Waals surface area (Å²) in [6.07, 6.45) is 1.83. The lowest BCUT2D eigenvalue weighted by Gasteiger charge is -2.23. The topological polar surface area (TPSA) is 115 Å². The van der Waals surface area contributed by atoms with Crippen molar-refractivity contribution >= 4 is 39.9 Å². The van der Waals surface area contributed by atoms with Crippen molar-refractivity contribution in [1.82, 2.24) is 4.98 Å². The molecule has 9 nitrogen and oxygen atoms in total. The summed E-state index contributed by atoms with van der Waals surface area (Å²) < 4.78 is 16.9. The molecule has 1 amide bonds. The second-order valence-electron chi connectivity index (χ2n) is 10.4. The Hall–Kier alpha value is -4.96. The van der Waals surface area contributed by atoms with Crippen LogP contribution in [0.3, 0.4) is 0 Å². The summed E-state index contributed by atoms with van der Waals surface area (Å²) in [5.74, 6) is -1.52. The monoisotopic (exact) mass is 626 g/mol. The van der Waals surface area contributed by atoms with Crippen LogP contribution in [-0.2, 0) is 20.9 Å². The van der Waals surface area contributed by atoms with Crippen molar-refractivity contribution in [1.29, 1.82) is 0 Å². The van der Waals surface area contributed by atoms with Crippen molar-refractivity contribution in [2.75, 3.05) is 18.1 Å². The van der Waals surface area contributed by atoms with E-state index >= 15 is 0 Å². The Morgan fingerprint density at radius 2 is 1.71 bits per heavy atom. The van der Waals surface area contributed by atoms with Gasteiger partial charge in [-0.3, -0.25) is 14.5 Å². The molecule has 0 radical (unpaired) electrons. The molecule has 0 spiro atoms. The maximum atomic E-state index is 13.7. The number of aromatic nitrogens is 1. The summed E-state index contributed by atoms with van der Waals surface area (Å²) in [5, 5.41) is 11.7. The second-order valence-corrected chi connectivity index (χ2v) is 11.4. The average Bonchev–Trinajstić information content (AvgIpc) is 3.56. The van der Waals surface area contributed by atoms with Crippen LogP contribution in [0, 0.1) is 6.92 Å². The number of ether oxygens (including phenoxy) is 3. The summed E-state index contributed by atoms with van der Waals surface area (Å²) in [7, 11) is 0. The van der Waals surface area contributed by atoms with Crippen molar-refractivity contribution in [3.63, 3.8) is 0 Å². The van der Waals surface area contributed by atoms with Gasteiger partial charge in [0.15, 0.2) is 5.13 Å². The lowest BCUT2D eigenvalue weighted by molar-refractivity contribution is -0.132. The number of hydrogen-bond donors (Lipinski definition) is 1. The molecule has 1 unspecified atom stereocenters. The van der Waals surface area contributed by atoms with Gasteiger partial charge in [-0.25, -0.2) is 9.78 Å². The molecule has 4 aromatic rings. The molecule has 2 heterocycles. The van der Waals surface area contributed by atoms with Gasteiger partial charge in [0.1, 0.15) is 28.7 Å². The number of carbonyl (C=O) groups excluding carboxylic acids is 3. The SMILES string of the molecule is CCCCOc1cccc(/C(O)=C2\C(=O)C(=O)N(c3nc(C)c(C(=O)OCC)s3)C2c2ccc(OCc3ccccc3)cc2)c1. The molecule has 1 N–H and O–H groups in total. The molecular formula is C35H34N2O7S. The number of anilines is 1. The van der Waals surface area contributed by atoms with Gasteiger partial charge in [0, 0.05) is 5.56 Å². The zero-order valence-corrected chi connectivity index (χ0v) is 26.1. The van der Waals surface area contributed by atoms with E-state index in [4.69, 9.17) is 14.2 Å². The molecular weight excluding hydrogens is 592 g/mol. The molecule has 1 fully saturated rings. The van der Waals surface area contributed by atoms with Gasteiger partial charge in [-0.05, 0) is 55.7 Å². The van der Waals surface area contributed by atoms with E-state index in [0.717, 1.165) is 29.7 Å². The van der Waals surface area contributed by atoms with Crippen molar-refractivity contribution in [2.24, 2.45) is 0 Å². The molecule has 1 atom stereocenters. The van der Waals surface area contributed by atoms with Crippen molar-refractivity contribution in [2.45, 2.75) is 46.3 Å². The number of nitrogens with zero attached hydrogens (tertiary/aromatic N) is 2. The first-order chi connectivity index (χ1) is 21.8. The molecule has 3 aromatic carbocycles. The molecule has 1 saturated heterocycles. The summed E-state index contributed by atoms with van der Waals surface area (Å²) in [6, 6.07) is 22.5. The molecule has 0 aliphatic carbocycles. The Morgan fingerprint density at radius 3 is 2.42 bits per heavy atom. The minimum absolute atomic E-state index is 0.103. The second kappa shape index (κ2) is 14.2. The Bertz CT molecular complexity index is 1710. The zero-order valence-electron chi connectivity index (χ0n) is 25.3. The van der Waals surface area contributed by atoms with Crippen LogP contribution in [0.4, 0.5) is 5.13 Å². The Labute approximate surface area is 265 Å². The van der Waals surface area contributed by atoms with Gasteiger partial charge in [-0.15, -0.1) is 0 Å². The third kappa shape index (κ3) is 6.91. The summed E-state index contributed by atoms with van der Waals surface area (Å²) in [6.45, 7) is 6.45. The molecule has 0 bridgehead atoms. The first kappa shape index (κ1) is 31.5. The maximum Gasteiger partial charge on any atom is 0.350 e. The normalized spacial score (nSPS) is 15.7. The molecule has 1 aliphatic heterocycles. The van der Waals surface area contributed by atoms with E-state index in [2.05, 4.69) is 11.9 Å². The average molecular weight is 627 g/mol. The highest BCUT2D eigenvalue weighted by atomic mass is 32.1. The number of aryl methyl sites for hydroxylation is 1. The Balaban J connectivity index is 1.56. The van der Waals surface area contributed by atoms with E-state index in [0.29, 0.717) is 41.5 Å². The lowest BCUT2D eigenvalue weighted by Crippen LogP contribution is -2.29. The number of carbonyl (C=O) groups is 3. The number of unbranched alkanes of at least 4 members (excludes halogenated alkanes) is 1. The first-order valence-corrected chi connectivity index (χ1v) is 15.6. The third-order valence-electron chi connectivity index (χ3n) is 7.21. The van der Waals surface area contributed by atoms with Gasteiger partial charge in [0.25, 0.3) is 5.78 Å². The molecule has 1 aliphatic rings. The highest BCUT2D eigenvalue weighted by molar-refractivity contribution is 7.17. The first-order valence-electron chi connectivity index (χ1n) is 14.8. The Morgan fingerprint density at radius 1 is 0.956 bits per heavy atom. The van der Waals surface area contributed by atoms with Crippen molar-refractivity contribution < 1.29 is 33.7 Å². The van der Waals surface area contributed by atoms with Crippen LogP contribution >= 0.6 is 11.3 Å². The number of esters is 1. The summed E-state index contributed by atoms with van der Waals surface area (Å²) in [4.78, 5) is 45.8. The number of Topliss-reactive ketones (excluding diaryl/α,β-unsaturated/α-hetero) is 1. The molecule has 45 heavy (non-hydrogen) atoms. The highest BCUT2D eigenvalue weighted by Crippen LogP contribution is 2.44. The fraction of sp³-hybridized carbons (Fsp3) is 0.257. The molecule has 10 heteroatoms. The van der Waals surface area contributed by atoms with Crippen LogP contribution in [0.1, 0.15) is 64.8 Å². The van der Waals surface area contributed by atoms with Crippen LogP contribution in [0.15, 0.2) is 84.4 Å². The minimum atomic E-state index is -1.03. The van der Waals surface area contributed by atoms with Gasteiger partial charge in [0.2, 0.25) is 0 Å². The number of rotatable bonds is 12. The standard InChI is InChI=1S/C35H34N2O7S/c1-4-6-19-43-27-14-10-13-25(20-27)30(38)28-29(24-15-17-26(18-16-24)44-21-23-11-8-7-9-12-23)37(33(40)31(28)39)35-36-22(3)32(45-35)34(41)42-5-2/h7-18,20,29,38H,4-6,19,21H2,1-3H3/b30-28+. The van der Waals surface area contributed by atoms with E-state index < -0.39 is 23.7 Å². The highest BCUT2D eigenvalue weighted by Gasteiger charge is 2.48. The van der Waals surface area contributed by atoms with Crippen LogP contribution in [-0.4, -0.2) is 41.0 Å². The zero-order chi connectivity index (χ0) is 31.9. The van der Waals surface area contributed by atoms with Crippen molar-refractivity contribution in [3.8, 4) is 11.5 Å². The lowest BCUT2D eigenvalue weighted by atomic mass is 9.95. The summed E-state index contributed by atoms with van der Waals surface area (Å²) in [5.41, 5.74) is 2.15. The van der Waals surface area contributed by atoms with Crippen LogP contribution in [0.5, 0.6) is 11.5 Å². The quantitative estimate of drug-likeness (QED) is 0.0587. The van der Waals surface area contributed by atoms with E-state index in [9.17, 15) is 19.5 Å². The molecule has 232 valence electrons. The number of amides is 1. The maximum absolute atomic E-state index is 13.7. The number of benzene rings is 3. The third-order valence-corrected chi connectivity index (χ3v) is 8.35. The molecule has 5 rings (SSSR count). The van der Waals surface area contributed by atoms with Crippen LogP contribution in [0.25, 0.3) is 5.76 Å². The fourth-order valence-corrected chi connectivity index (χ4v) is 5.91. The van der Waals surface area contributed by atoms with Crippen molar-refractivity contribution in [3.05, 3.63) is 112 Å². The van der Waals surface area contributed by atoms with Gasteiger partial charge < -0.3 is 19.3 Å². The van der Waals surface area contributed by atoms with E-state index in [1.165, 1.54) is 4.90 Å². The Kier molecular flexibility index (Phi) is 9.94. The van der Waals surface area contributed by atoms with Gasteiger partial charge >= 0.3 is 11.9 Å². The van der Waals surface area contributed by atoms with Gasteiger partial charge in [0.05, 0.1) is 30.5 Å². The largest absolute Gasteiger partial charge is 0.507 e. The van der Waals surface area contributed by atoms with Gasteiger partial charge in [-0.2, -0.15) is 0 Å². The number of thiazole rings is 1. The molecule has 0 saturated carbocycles. The van der Waals surface area contributed by atoms with Crippen LogP contribution in [0.2, 0.25) is 0 Å². The predicted octanol–water partition coefficient (Wildman–Crippen LogP) is 7.01. The fourth-order valence-electron chi connectivity index (χ4n) is 4.93. The number of ketones is 1. The number of aliphatic hydroxyl groups excluding tert-OH is 1. The number of aliphatic hydroxyl groups is 1. The van der Waals surface area contributed by atoms with Crippen LogP contribution < -0.4 is 14.4 Å². The van der Waals surface area contributed by atoms with E-state index in [1.54, 1.807) is 62.4 Å². The van der Waals surface area contributed by atoms with E-state index in [1.807, 2.05) is 30.3 Å². The smallest absolute Gasteiger partial charge is 0.350 e. The van der Waals surface area contributed by atoms with E-state index in [-0.39, 0.29) is 27.9 Å². The van der Waals surface area contributed by atoms with Gasteiger partial charge in [-0.1, -0.05) is 79.3 Å². The minimum Gasteiger partial charge on any atom is -0.507 e. The predicted molar refractivity (Wildman–Crippen MR) is 172 cm³/mol. The number of hydrogen-bond acceptors (Lipinski definition) is 9. The summed E-state index contributed by atoms with van der Waals surface area (Å²) >= 11 is 0.959. The molecule has 1 aromatic heterocycles.